The molecule has 1 amide bonds. The molecule has 0 spiro atoms. The molecule has 1 atom stereocenters. The molecule has 1 N–H and O–H groups in total. The van der Waals surface area contributed by atoms with Crippen molar-refractivity contribution in [3.05, 3.63) is 29.6 Å². The van der Waals surface area contributed by atoms with Gasteiger partial charge in [-0.15, -0.1) is 0 Å². The second kappa shape index (κ2) is 5.17. The van der Waals surface area contributed by atoms with Crippen molar-refractivity contribution in [1.29, 1.82) is 0 Å². The molecular formula is C14H18FNO3. The second-order valence-electron chi connectivity index (χ2n) is 5.14. The summed E-state index contributed by atoms with van der Waals surface area (Å²) in [5.41, 5.74) is 0.245. The lowest BCUT2D eigenvalue weighted by atomic mass is 9.87. The third-order valence-electron chi connectivity index (χ3n) is 3.41. The van der Waals surface area contributed by atoms with E-state index < -0.39 is 11.2 Å². The Morgan fingerprint density at radius 1 is 1.53 bits per heavy atom. The predicted octanol–water partition coefficient (Wildman–Crippen LogP) is 2.05. The van der Waals surface area contributed by atoms with Gasteiger partial charge >= 0.3 is 0 Å². The summed E-state index contributed by atoms with van der Waals surface area (Å²) in [4.78, 5) is 12.0. The van der Waals surface area contributed by atoms with Crippen LogP contribution in [0.2, 0.25) is 0 Å². The molecule has 1 heterocycles. The molecule has 5 heteroatoms. The van der Waals surface area contributed by atoms with Gasteiger partial charge in [0.1, 0.15) is 0 Å². The van der Waals surface area contributed by atoms with Gasteiger partial charge in [-0.2, -0.15) is 0 Å². The number of benzene rings is 1. The van der Waals surface area contributed by atoms with Crippen LogP contribution < -0.4 is 10.1 Å². The summed E-state index contributed by atoms with van der Waals surface area (Å²) in [6, 6.07) is 4.42. The number of halogens is 1. The number of carbonyl (C=O) groups excluding carboxylic acids is 1. The molecule has 2 rings (SSSR count). The number of amides is 1. The van der Waals surface area contributed by atoms with Crippen LogP contribution in [0.5, 0.6) is 5.75 Å². The van der Waals surface area contributed by atoms with Crippen molar-refractivity contribution in [2.24, 2.45) is 5.41 Å². The molecule has 0 saturated carbocycles. The van der Waals surface area contributed by atoms with E-state index in [2.05, 4.69) is 5.32 Å². The fraction of sp³-hybridized carbons (Fsp3) is 0.500. The van der Waals surface area contributed by atoms with Crippen LogP contribution in [0.4, 0.5) is 4.39 Å². The van der Waals surface area contributed by atoms with Crippen LogP contribution in [0, 0.1) is 11.2 Å². The number of rotatable bonds is 4. The van der Waals surface area contributed by atoms with Crippen LogP contribution in [-0.2, 0) is 9.53 Å². The van der Waals surface area contributed by atoms with E-state index in [-0.39, 0.29) is 17.7 Å². The van der Waals surface area contributed by atoms with E-state index in [0.29, 0.717) is 18.8 Å². The molecule has 1 aliphatic rings. The van der Waals surface area contributed by atoms with Crippen molar-refractivity contribution < 1.29 is 18.7 Å². The van der Waals surface area contributed by atoms with Crippen molar-refractivity contribution in [1.82, 2.24) is 5.32 Å². The maximum atomic E-state index is 13.6. The lowest BCUT2D eigenvalue weighted by Crippen LogP contribution is -2.52. The van der Waals surface area contributed by atoms with Gasteiger partial charge in [0.15, 0.2) is 11.6 Å². The van der Waals surface area contributed by atoms with Gasteiger partial charge in [-0.05, 0) is 31.5 Å². The number of ether oxygens (including phenoxy) is 2. The quantitative estimate of drug-likeness (QED) is 0.908. The molecule has 0 bridgehead atoms. The summed E-state index contributed by atoms with van der Waals surface area (Å²) < 4.78 is 23.5. The molecule has 0 unspecified atom stereocenters. The number of hydrogen-bond donors (Lipinski definition) is 1. The highest BCUT2D eigenvalue weighted by Gasteiger charge is 2.41. The average Bonchev–Trinajstić information content (AvgIpc) is 2.35. The minimum Gasteiger partial charge on any atom is -0.494 e. The number of methoxy groups -OCH3 is 1. The SMILES string of the molecule is COc1ccc([C@@H](C)NC(=O)C2(C)COC2)cc1F. The second-order valence-corrected chi connectivity index (χ2v) is 5.14. The summed E-state index contributed by atoms with van der Waals surface area (Å²) in [6.07, 6.45) is 0. The Balaban J connectivity index is 2.05. The van der Waals surface area contributed by atoms with Gasteiger partial charge in [-0.25, -0.2) is 4.39 Å². The Bertz CT molecular complexity index is 486. The highest BCUT2D eigenvalue weighted by molar-refractivity contribution is 5.83. The Morgan fingerprint density at radius 3 is 2.68 bits per heavy atom. The van der Waals surface area contributed by atoms with Gasteiger partial charge in [-0.1, -0.05) is 6.07 Å². The summed E-state index contributed by atoms with van der Waals surface area (Å²) >= 11 is 0. The Morgan fingerprint density at radius 2 is 2.21 bits per heavy atom. The van der Waals surface area contributed by atoms with Crippen molar-refractivity contribution in [2.45, 2.75) is 19.9 Å². The maximum Gasteiger partial charge on any atom is 0.231 e. The average molecular weight is 267 g/mol. The molecular weight excluding hydrogens is 249 g/mol. The lowest BCUT2D eigenvalue weighted by molar-refractivity contribution is -0.158. The molecule has 104 valence electrons. The van der Waals surface area contributed by atoms with Crippen LogP contribution >= 0.6 is 0 Å². The van der Waals surface area contributed by atoms with Gasteiger partial charge in [-0.3, -0.25) is 4.79 Å². The molecule has 0 aliphatic carbocycles. The van der Waals surface area contributed by atoms with Crippen LogP contribution in [0.1, 0.15) is 25.5 Å². The van der Waals surface area contributed by atoms with E-state index in [1.165, 1.54) is 13.2 Å². The molecule has 1 saturated heterocycles. The van der Waals surface area contributed by atoms with Crippen LogP contribution in [0.3, 0.4) is 0 Å². The third kappa shape index (κ3) is 2.71. The minimum atomic E-state index is -0.459. The minimum absolute atomic E-state index is 0.0672. The first-order valence-corrected chi connectivity index (χ1v) is 6.18. The fourth-order valence-corrected chi connectivity index (χ4v) is 1.95. The molecule has 1 fully saturated rings. The lowest BCUT2D eigenvalue weighted by Gasteiger charge is -2.37. The van der Waals surface area contributed by atoms with E-state index in [9.17, 15) is 9.18 Å². The zero-order chi connectivity index (χ0) is 14.0. The molecule has 0 aromatic heterocycles. The van der Waals surface area contributed by atoms with Gasteiger partial charge < -0.3 is 14.8 Å². The first-order valence-electron chi connectivity index (χ1n) is 6.18. The monoisotopic (exact) mass is 267 g/mol. The highest BCUT2D eigenvalue weighted by atomic mass is 19.1. The van der Waals surface area contributed by atoms with E-state index in [1.54, 1.807) is 12.1 Å². The van der Waals surface area contributed by atoms with Crippen LogP contribution in [-0.4, -0.2) is 26.2 Å². The molecule has 4 nitrogen and oxygen atoms in total. The van der Waals surface area contributed by atoms with Gasteiger partial charge in [0, 0.05) is 0 Å². The van der Waals surface area contributed by atoms with Crippen molar-refractivity contribution in [3.8, 4) is 5.75 Å². The fourth-order valence-electron chi connectivity index (χ4n) is 1.95. The molecule has 1 aromatic rings. The summed E-state index contributed by atoms with van der Waals surface area (Å²) in [5.74, 6) is -0.302. The van der Waals surface area contributed by atoms with E-state index >= 15 is 0 Å². The molecule has 0 radical (unpaired) electrons. The van der Waals surface area contributed by atoms with Gasteiger partial charge in [0.25, 0.3) is 0 Å². The largest absolute Gasteiger partial charge is 0.494 e. The number of hydrogen-bond acceptors (Lipinski definition) is 3. The normalized spacial score (nSPS) is 18.3. The summed E-state index contributed by atoms with van der Waals surface area (Å²) in [5, 5.41) is 2.88. The molecule has 1 aliphatic heterocycles. The first kappa shape index (κ1) is 13.8. The van der Waals surface area contributed by atoms with Gasteiger partial charge in [0.2, 0.25) is 5.91 Å². The van der Waals surface area contributed by atoms with E-state index in [4.69, 9.17) is 9.47 Å². The topological polar surface area (TPSA) is 47.6 Å². The Kier molecular flexibility index (Phi) is 3.75. The standard InChI is InChI=1S/C14H18FNO3/c1-9(16-13(17)14(2)7-19-8-14)10-4-5-12(18-3)11(15)6-10/h4-6,9H,7-8H2,1-3H3,(H,16,17)/t9-/m1/s1. The maximum absolute atomic E-state index is 13.6. The Hall–Kier alpha value is -1.62. The molecule has 1 aromatic carbocycles. The highest BCUT2D eigenvalue weighted by Crippen LogP contribution is 2.28. The smallest absolute Gasteiger partial charge is 0.231 e. The zero-order valence-electron chi connectivity index (χ0n) is 11.3. The van der Waals surface area contributed by atoms with Crippen LogP contribution in [0.15, 0.2) is 18.2 Å². The Labute approximate surface area is 111 Å². The predicted molar refractivity (Wildman–Crippen MR) is 68.4 cm³/mol. The van der Waals surface area contributed by atoms with Crippen molar-refractivity contribution in [3.63, 3.8) is 0 Å². The summed E-state index contributed by atoms with van der Waals surface area (Å²) in [7, 11) is 1.42. The third-order valence-corrected chi connectivity index (χ3v) is 3.41. The summed E-state index contributed by atoms with van der Waals surface area (Å²) in [6.45, 7) is 4.54. The first-order chi connectivity index (χ1) is 8.96. The van der Waals surface area contributed by atoms with Crippen molar-refractivity contribution in [2.75, 3.05) is 20.3 Å². The number of nitrogens with one attached hydrogen (secondary N) is 1. The van der Waals surface area contributed by atoms with Crippen LogP contribution in [0.25, 0.3) is 0 Å². The number of carbonyl (C=O) groups is 1. The van der Waals surface area contributed by atoms with Crippen molar-refractivity contribution >= 4 is 5.91 Å². The zero-order valence-corrected chi connectivity index (χ0v) is 11.3. The van der Waals surface area contributed by atoms with E-state index in [0.717, 1.165) is 0 Å². The van der Waals surface area contributed by atoms with E-state index in [1.807, 2.05) is 13.8 Å². The molecule has 19 heavy (non-hydrogen) atoms. The van der Waals surface area contributed by atoms with Gasteiger partial charge in [0.05, 0.1) is 31.8 Å².